The molecule has 4 fully saturated rings. The normalized spacial score (nSPS) is 38.8. The molecule has 0 amide bonds. The minimum absolute atomic E-state index is 0.0140. The van der Waals surface area contributed by atoms with Gasteiger partial charge in [0.05, 0.1) is 18.4 Å². The van der Waals surface area contributed by atoms with Gasteiger partial charge < -0.3 is 26.2 Å². The van der Waals surface area contributed by atoms with E-state index >= 15 is 0 Å². The zero-order chi connectivity index (χ0) is 26.0. The van der Waals surface area contributed by atoms with Crippen LogP contribution in [0.3, 0.4) is 0 Å². The zero-order valence-corrected chi connectivity index (χ0v) is 21.9. The number of halogens is 3. The van der Waals surface area contributed by atoms with Crippen molar-refractivity contribution in [3.05, 3.63) is 0 Å². The Morgan fingerprint density at radius 1 is 1.14 bits per heavy atom. The van der Waals surface area contributed by atoms with Gasteiger partial charge in [0, 0.05) is 33.2 Å². The van der Waals surface area contributed by atoms with Crippen LogP contribution in [0.15, 0.2) is 0 Å². The third kappa shape index (κ3) is 5.94. The van der Waals surface area contributed by atoms with E-state index in [4.69, 9.17) is 11.1 Å². The van der Waals surface area contributed by atoms with E-state index in [1.165, 1.54) is 0 Å². The summed E-state index contributed by atoms with van der Waals surface area (Å²) in [5.41, 5.74) is 6.16. The number of likely N-dealkylation sites (N-methyl/N-ethyl adjacent to an activating group) is 2. The van der Waals surface area contributed by atoms with Crippen molar-refractivity contribution in [1.29, 1.82) is 5.41 Å². The van der Waals surface area contributed by atoms with Crippen LogP contribution < -0.4 is 27.0 Å². The summed E-state index contributed by atoms with van der Waals surface area (Å²) in [6.07, 6.45) is 1.91. The largest absolute Gasteiger partial charge is 0.405 e. The highest BCUT2D eigenvalue weighted by molar-refractivity contribution is 5.80. The molecule has 0 radical (unpaired) electrons. The molecule has 0 bridgehead atoms. The SMILES string of the molecule is CNC1NCCCC1CNC1C(CN)N(C)C(=N)N1CC1CCC(C2NC(C(F)(F)F)CN2C)CC1. The van der Waals surface area contributed by atoms with Crippen molar-refractivity contribution in [3.63, 3.8) is 0 Å². The number of hydrogen-bond acceptors (Lipinski definition) is 7. The number of nitrogens with two attached hydrogens (primary N) is 1. The fourth-order valence-corrected chi connectivity index (χ4v) is 6.88. The smallest absolute Gasteiger partial charge is 0.338 e. The molecule has 4 aliphatic rings. The summed E-state index contributed by atoms with van der Waals surface area (Å²) in [6.45, 7) is 3.15. The summed E-state index contributed by atoms with van der Waals surface area (Å²) in [7, 11) is 5.73. The molecule has 7 N–H and O–H groups in total. The number of nitrogens with zero attached hydrogens (tertiary/aromatic N) is 3. The fraction of sp³-hybridized carbons (Fsp3) is 0.958. The number of guanidine groups is 1. The van der Waals surface area contributed by atoms with E-state index in [9.17, 15) is 13.2 Å². The van der Waals surface area contributed by atoms with Crippen LogP contribution in [0.25, 0.3) is 0 Å². The number of piperidine rings is 1. The maximum atomic E-state index is 13.2. The molecule has 3 aliphatic heterocycles. The standard InChI is InChI=1S/C24H46F3N9/c1-30-20-17(5-4-10-31-20)12-32-22-18(11-28)35(3)23(29)36(22)13-15-6-8-16(9-7-15)21-33-19(14-34(21)2)24(25,26)27/h15-22,29-33H,4-14,28H2,1-3H3. The molecule has 0 aromatic heterocycles. The second kappa shape index (κ2) is 11.7. The zero-order valence-electron chi connectivity index (χ0n) is 21.9. The molecule has 0 aromatic carbocycles. The van der Waals surface area contributed by atoms with Gasteiger partial charge in [-0.3, -0.25) is 20.9 Å². The second-order valence-electron chi connectivity index (χ2n) is 11.3. The van der Waals surface area contributed by atoms with Gasteiger partial charge in [0.2, 0.25) is 0 Å². The summed E-state index contributed by atoms with van der Waals surface area (Å²) in [5, 5.41) is 22.3. The number of rotatable bonds is 8. The summed E-state index contributed by atoms with van der Waals surface area (Å²) in [6, 6.07) is -1.40. The van der Waals surface area contributed by atoms with Gasteiger partial charge >= 0.3 is 6.18 Å². The second-order valence-corrected chi connectivity index (χ2v) is 11.3. The van der Waals surface area contributed by atoms with Crippen LogP contribution in [0.5, 0.6) is 0 Å². The first-order valence-corrected chi connectivity index (χ1v) is 13.6. The van der Waals surface area contributed by atoms with Crippen molar-refractivity contribution < 1.29 is 13.2 Å². The van der Waals surface area contributed by atoms with Gasteiger partial charge in [-0.15, -0.1) is 0 Å². The van der Waals surface area contributed by atoms with Gasteiger partial charge in [0.1, 0.15) is 12.2 Å². The molecule has 0 spiro atoms. The van der Waals surface area contributed by atoms with Crippen molar-refractivity contribution in [1.82, 2.24) is 36.0 Å². The predicted molar refractivity (Wildman–Crippen MR) is 135 cm³/mol. The maximum absolute atomic E-state index is 13.2. The Hall–Kier alpha value is -1.18. The molecule has 36 heavy (non-hydrogen) atoms. The summed E-state index contributed by atoms with van der Waals surface area (Å²) in [4.78, 5) is 5.98. The average molecular weight is 518 g/mol. The topological polar surface area (TPSA) is 108 Å². The Kier molecular flexibility index (Phi) is 9.04. The van der Waals surface area contributed by atoms with Crippen molar-refractivity contribution in [3.8, 4) is 0 Å². The lowest BCUT2D eigenvalue weighted by molar-refractivity contribution is -0.150. The van der Waals surface area contributed by atoms with E-state index in [2.05, 4.69) is 26.2 Å². The molecule has 1 saturated carbocycles. The summed E-state index contributed by atoms with van der Waals surface area (Å²) < 4.78 is 39.6. The molecule has 9 nitrogen and oxygen atoms in total. The molecule has 4 rings (SSSR count). The minimum Gasteiger partial charge on any atom is -0.338 e. The van der Waals surface area contributed by atoms with Crippen LogP contribution in [-0.4, -0.2) is 111 Å². The third-order valence-corrected chi connectivity index (χ3v) is 9.04. The highest BCUT2D eigenvalue weighted by Gasteiger charge is 2.48. The molecule has 3 heterocycles. The van der Waals surface area contributed by atoms with E-state index < -0.39 is 12.2 Å². The molecule has 208 valence electrons. The number of alkyl halides is 3. The quantitative estimate of drug-likeness (QED) is 0.277. The van der Waals surface area contributed by atoms with E-state index in [1.807, 2.05) is 23.9 Å². The molecule has 0 aromatic rings. The van der Waals surface area contributed by atoms with E-state index in [0.29, 0.717) is 24.3 Å². The van der Waals surface area contributed by atoms with Crippen LogP contribution in [-0.2, 0) is 0 Å². The van der Waals surface area contributed by atoms with Crippen LogP contribution in [0.4, 0.5) is 13.2 Å². The van der Waals surface area contributed by atoms with Crippen LogP contribution in [0.2, 0.25) is 0 Å². The van der Waals surface area contributed by atoms with E-state index in [1.54, 1.807) is 7.05 Å². The summed E-state index contributed by atoms with van der Waals surface area (Å²) >= 11 is 0. The molecule has 6 atom stereocenters. The lowest BCUT2D eigenvalue weighted by Crippen LogP contribution is -2.57. The van der Waals surface area contributed by atoms with Crippen molar-refractivity contribution >= 4 is 5.96 Å². The Morgan fingerprint density at radius 3 is 2.47 bits per heavy atom. The first kappa shape index (κ1) is 27.8. The van der Waals surface area contributed by atoms with Crippen LogP contribution in [0, 0.1) is 23.2 Å². The van der Waals surface area contributed by atoms with Crippen LogP contribution >= 0.6 is 0 Å². The fourth-order valence-electron chi connectivity index (χ4n) is 6.88. The van der Waals surface area contributed by atoms with Crippen molar-refractivity contribution in [2.75, 3.05) is 53.9 Å². The molecule has 6 unspecified atom stereocenters. The lowest BCUT2D eigenvalue weighted by Gasteiger charge is -2.38. The highest BCUT2D eigenvalue weighted by Crippen LogP contribution is 2.36. The average Bonchev–Trinajstić information content (AvgIpc) is 3.36. The number of hydrogen-bond donors (Lipinski definition) is 6. The Balaban J connectivity index is 1.33. The van der Waals surface area contributed by atoms with E-state index in [-0.39, 0.29) is 37.0 Å². The molecular weight excluding hydrogens is 471 g/mol. The Labute approximate surface area is 213 Å². The van der Waals surface area contributed by atoms with Gasteiger partial charge in [-0.2, -0.15) is 13.2 Å². The van der Waals surface area contributed by atoms with Gasteiger partial charge in [-0.05, 0) is 76.9 Å². The first-order valence-electron chi connectivity index (χ1n) is 13.6. The van der Waals surface area contributed by atoms with Crippen molar-refractivity contribution in [2.45, 2.75) is 75.3 Å². The number of nitrogens with one attached hydrogen (secondary N) is 5. The highest BCUT2D eigenvalue weighted by atomic mass is 19.4. The Morgan fingerprint density at radius 2 is 1.86 bits per heavy atom. The van der Waals surface area contributed by atoms with Gasteiger partial charge in [-0.25, -0.2) is 0 Å². The van der Waals surface area contributed by atoms with Gasteiger partial charge in [0.15, 0.2) is 5.96 Å². The first-order chi connectivity index (χ1) is 17.1. The third-order valence-electron chi connectivity index (χ3n) is 9.04. The van der Waals surface area contributed by atoms with Crippen LogP contribution in [0.1, 0.15) is 38.5 Å². The molecule has 12 heteroatoms. The van der Waals surface area contributed by atoms with E-state index in [0.717, 1.165) is 58.2 Å². The molecule has 3 saturated heterocycles. The molecular formula is C24H46F3N9. The van der Waals surface area contributed by atoms with Crippen molar-refractivity contribution in [2.24, 2.45) is 23.5 Å². The molecule has 1 aliphatic carbocycles. The monoisotopic (exact) mass is 517 g/mol. The predicted octanol–water partition coefficient (Wildman–Crippen LogP) is 0.555. The van der Waals surface area contributed by atoms with Gasteiger partial charge in [0.25, 0.3) is 0 Å². The summed E-state index contributed by atoms with van der Waals surface area (Å²) in [5.74, 6) is 1.61. The van der Waals surface area contributed by atoms with Gasteiger partial charge in [-0.1, -0.05) is 0 Å². The Bertz CT molecular complexity index is 730. The lowest BCUT2D eigenvalue weighted by atomic mass is 9.80. The maximum Gasteiger partial charge on any atom is 0.405 e. The minimum atomic E-state index is -4.20.